The molecule has 1 aliphatic rings. The van der Waals surface area contributed by atoms with Crippen LogP contribution in [0.3, 0.4) is 0 Å². The molecule has 0 aliphatic heterocycles. The van der Waals surface area contributed by atoms with Crippen LogP contribution in [0.5, 0.6) is 0 Å². The molecular weight excluding hydrogens is 200 g/mol. The maximum absolute atomic E-state index is 9.05. The van der Waals surface area contributed by atoms with E-state index >= 15 is 0 Å². The standard InChI is InChI=1S/C13H28N2O/c1-3-11-6-5-8-13(11,10-14)15-12(4-2)7-9-16/h11-12,15-16H,3-10,14H2,1-2H3. The topological polar surface area (TPSA) is 58.3 Å². The lowest BCUT2D eigenvalue weighted by atomic mass is 9.84. The smallest absolute Gasteiger partial charge is 0.0445 e. The van der Waals surface area contributed by atoms with Crippen LogP contribution in [0.25, 0.3) is 0 Å². The Bertz CT molecular complexity index is 198. The molecule has 96 valence electrons. The number of rotatable bonds is 7. The van der Waals surface area contributed by atoms with Gasteiger partial charge in [-0.05, 0) is 31.6 Å². The van der Waals surface area contributed by atoms with Crippen LogP contribution in [0.4, 0.5) is 0 Å². The molecule has 0 aromatic heterocycles. The zero-order chi connectivity index (χ0) is 12.0. The van der Waals surface area contributed by atoms with Gasteiger partial charge in [0.2, 0.25) is 0 Å². The van der Waals surface area contributed by atoms with Gasteiger partial charge in [-0.25, -0.2) is 0 Å². The minimum absolute atomic E-state index is 0.143. The summed E-state index contributed by atoms with van der Waals surface area (Å²) in [4.78, 5) is 0. The fourth-order valence-corrected chi connectivity index (χ4v) is 3.20. The highest BCUT2D eigenvalue weighted by Gasteiger charge is 2.41. The van der Waals surface area contributed by atoms with Gasteiger partial charge in [0.15, 0.2) is 0 Å². The van der Waals surface area contributed by atoms with Gasteiger partial charge in [0.05, 0.1) is 0 Å². The van der Waals surface area contributed by atoms with Crippen LogP contribution in [-0.4, -0.2) is 29.8 Å². The Morgan fingerprint density at radius 1 is 1.50 bits per heavy atom. The summed E-state index contributed by atoms with van der Waals surface area (Å²) in [6.45, 7) is 5.43. The summed E-state index contributed by atoms with van der Waals surface area (Å²) >= 11 is 0. The summed E-state index contributed by atoms with van der Waals surface area (Å²) in [5, 5.41) is 12.8. The molecule has 0 aromatic rings. The first-order chi connectivity index (χ1) is 7.72. The van der Waals surface area contributed by atoms with Crippen molar-refractivity contribution in [1.29, 1.82) is 0 Å². The van der Waals surface area contributed by atoms with Gasteiger partial charge >= 0.3 is 0 Å². The summed E-state index contributed by atoms with van der Waals surface area (Å²) in [6, 6.07) is 0.417. The number of hydrogen-bond donors (Lipinski definition) is 3. The number of nitrogens with two attached hydrogens (primary N) is 1. The highest BCUT2D eigenvalue weighted by molar-refractivity contribution is 5.01. The van der Waals surface area contributed by atoms with Gasteiger partial charge in [-0.2, -0.15) is 0 Å². The Hall–Kier alpha value is -0.120. The van der Waals surface area contributed by atoms with Crippen molar-refractivity contribution in [2.75, 3.05) is 13.2 Å². The summed E-state index contributed by atoms with van der Waals surface area (Å²) in [5.41, 5.74) is 6.15. The lowest BCUT2D eigenvalue weighted by Crippen LogP contribution is -2.57. The van der Waals surface area contributed by atoms with Crippen molar-refractivity contribution in [3.63, 3.8) is 0 Å². The van der Waals surface area contributed by atoms with Crippen molar-refractivity contribution in [2.45, 2.75) is 64.0 Å². The molecule has 4 N–H and O–H groups in total. The second-order valence-electron chi connectivity index (χ2n) is 5.12. The van der Waals surface area contributed by atoms with E-state index < -0.39 is 0 Å². The van der Waals surface area contributed by atoms with Crippen molar-refractivity contribution in [1.82, 2.24) is 5.32 Å². The lowest BCUT2D eigenvalue weighted by molar-refractivity contribution is 0.189. The van der Waals surface area contributed by atoms with Crippen LogP contribution >= 0.6 is 0 Å². The third kappa shape index (κ3) is 2.96. The molecule has 3 heteroatoms. The number of nitrogens with one attached hydrogen (secondary N) is 1. The number of aliphatic hydroxyl groups excluding tert-OH is 1. The Morgan fingerprint density at radius 3 is 2.75 bits per heavy atom. The Labute approximate surface area is 99.8 Å². The van der Waals surface area contributed by atoms with E-state index in [-0.39, 0.29) is 12.1 Å². The molecule has 0 bridgehead atoms. The largest absolute Gasteiger partial charge is 0.396 e. The summed E-state index contributed by atoms with van der Waals surface area (Å²) in [6.07, 6.45) is 6.91. The quantitative estimate of drug-likeness (QED) is 0.621. The molecule has 3 nitrogen and oxygen atoms in total. The van der Waals surface area contributed by atoms with Gasteiger partial charge in [-0.15, -0.1) is 0 Å². The first-order valence-corrected chi connectivity index (χ1v) is 6.81. The van der Waals surface area contributed by atoms with Gasteiger partial charge in [0.25, 0.3) is 0 Å². The molecule has 3 atom stereocenters. The fourth-order valence-electron chi connectivity index (χ4n) is 3.20. The molecule has 0 amide bonds. The maximum atomic E-state index is 9.05. The monoisotopic (exact) mass is 228 g/mol. The van der Waals surface area contributed by atoms with Crippen LogP contribution in [0.15, 0.2) is 0 Å². The van der Waals surface area contributed by atoms with E-state index in [1.807, 2.05) is 0 Å². The van der Waals surface area contributed by atoms with E-state index in [1.54, 1.807) is 0 Å². The molecule has 1 saturated carbocycles. The summed E-state index contributed by atoms with van der Waals surface area (Å²) in [7, 11) is 0. The third-order valence-corrected chi connectivity index (χ3v) is 4.28. The van der Waals surface area contributed by atoms with Crippen LogP contribution in [0.1, 0.15) is 52.4 Å². The molecule has 1 aliphatic carbocycles. The molecule has 0 spiro atoms. The fraction of sp³-hybridized carbons (Fsp3) is 1.00. The second-order valence-corrected chi connectivity index (χ2v) is 5.12. The van der Waals surface area contributed by atoms with E-state index in [2.05, 4.69) is 19.2 Å². The van der Waals surface area contributed by atoms with Crippen LogP contribution in [-0.2, 0) is 0 Å². The first-order valence-electron chi connectivity index (χ1n) is 6.81. The van der Waals surface area contributed by atoms with Crippen LogP contribution < -0.4 is 11.1 Å². The van der Waals surface area contributed by atoms with E-state index in [1.165, 1.54) is 25.7 Å². The molecule has 1 fully saturated rings. The predicted molar refractivity (Wildman–Crippen MR) is 68.3 cm³/mol. The number of hydrogen-bond acceptors (Lipinski definition) is 3. The van der Waals surface area contributed by atoms with Gasteiger partial charge in [0, 0.05) is 24.7 Å². The zero-order valence-corrected chi connectivity index (χ0v) is 10.8. The number of aliphatic hydroxyl groups is 1. The Kier molecular flexibility index (Phi) is 5.73. The highest BCUT2D eigenvalue weighted by atomic mass is 16.3. The molecule has 3 unspecified atom stereocenters. The molecule has 0 saturated heterocycles. The average molecular weight is 228 g/mol. The van der Waals surface area contributed by atoms with Crippen LogP contribution in [0, 0.1) is 5.92 Å². The molecule has 1 rings (SSSR count). The van der Waals surface area contributed by atoms with E-state index in [4.69, 9.17) is 10.8 Å². The maximum Gasteiger partial charge on any atom is 0.0445 e. The molecular formula is C13H28N2O. The van der Waals surface area contributed by atoms with Crippen molar-refractivity contribution in [2.24, 2.45) is 11.7 Å². The Morgan fingerprint density at radius 2 is 2.25 bits per heavy atom. The zero-order valence-electron chi connectivity index (χ0n) is 10.8. The summed E-state index contributed by atoms with van der Waals surface area (Å²) < 4.78 is 0. The normalized spacial score (nSPS) is 31.9. The average Bonchev–Trinajstić information content (AvgIpc) is 2.72. The lowest BCUT2D eigenvalue weighted by Gasteiger charge is -2.38. The minimum Gasteiger partial charge on any atom is -0.396 e. The molecule has 0 radical (unpaired) electrons. The van der Waals surface area contributed by atoms with E-state index in [9.17, 15) is 0 Å². The summed E-state index contributed by atoms with van der Waals surface area (Å²) in [5.74, 6) is 0.713. The van der Waals surface area contributed by atoms with E-state index in [0.29, 0.717) is 12.0 Å². The van der Waals surface area contributed by atoms with Gasteiger partial charge < -0.3 is 16.2 Å². The van der Waals surface area contributed by atoms with Crippen molar-refractivity contribution >= 4 is 0 Å². The second kappa shape index (κ2) is 6.58. The molecule has 0 heterocycles. The van der Waals surface area contributed by atoms with Crippen LogP contribution in [0.2, 0.25) is 0 Å². The van der Waals surface area contributed by atoms with Crippen molar-refractivity contribution in [3.05, 3.63) is 0 Å². The Balaban J connectivity index is 2.64. The highest BCUT2D eigenvalue weighted by Crippen LogP contribution is 2.37. The van der Waals surface area contributed by atoms with Crippen molar-refractivity contribution < 1.29 is 5.11 Å². The third-order valence-electron chi connectivity index (χ3n) is 4.28. The SMILES string of the molecule is CCC(CCO)NC1(CN)CCCC1CC. The molecule has 0 aromatic carbocycles. The minimum atomic E-state index is 0.143. The predicted octanol–water partition coefficient (Wildman–Crippen LogP) is 1.64. The van der Waals surface area contributed by atoms with Gasteiger partial charge in [-0.3, -0.25) is 0 Å². The van der Waals surface area contributed by atoms with E-state index in [0.717, 1.165) is 19.4 Å². The molecule has 16 heavy (non-hydrogen) atoms. The first kappa shape index (κ1) is 13.9. The van der Waals surface area contributed by atoms with Gasteiger partial charge in [0.1, 0.15) is 0 Å². The van der Waals surface area contributed by atoms with Gasteiger partial charge in [-0.1, -0.05) is 26.7 Å². The van der Waals surface area contributed by atoms with Crippen molar-refractivity contribution in [3.8, 4) is 0 Å².